The molecule has 0 aliphatic carbocycles. The molecule has 0 aromatic heterocycles. The molecule has 0 bridgehead atoms. The van der Waals surface area contributed by atoms with Crippen LogP contribution >= 0.6 is 0 Å². The van der Waals surface area contributed by atoms with Crippen molar-refractivity contribution in [1.29, 1.82) is 0 Å². The van der Waals surface area contributed by atoms with Gasteiger partial charge < -0.3 is 65.1 Å². The van der Waals surface area contributed by atoms with Gasteiger partial charge >= 0.3 is 0 Å². The van der Waals surface area contributed by atoms with Gasteiger partial charge in [-0.2, -0.15) is 0 Å². The number of carbonyl (C=O) groups excluding carboxylic acids is 1. The number of carbonyl (C=O) groups is 1. The molecule has 2 fully saturated rings. The smallest absolute Gasteiger partial charge is 0.220 e. The molecule has 1 amide bonds. The Balaban J connectivity index is 1.65. The van der Waals surface area contributed by atoms with Crippen molar-refractivity contribution in [1.82, 2.24) is 5.32 Å². The zero-order valence-electron chi connectivity index (χ0n) is 46.6. The van der Waals surface area contributed by atoms with Crippen molar-refractivity contribution in [2.75, 3.05) is 19.8 Å². The van der Waals surface area contributed by atoms with Gasteiger partial charge in [0.2, 0.25) is 5.91 Å². The highest BCUT2D eigenvalue weighted by Crippen LogP contribution is 2.30. The first-order chi connectivity index (χ1) is 36.1. The van der Waals surface area contributed by atoms with Crippen LogP contribution in [0, 0.1) is 0 Å². The summed E-state index contributed by atoms with van der Waals surface area (Å²) in [5.74, 6) is -0.252. The van der Waals surface area contributed by atoms with Gasteiger partial charge in [0.25, 0.3) is 0 Å². The molecule has 14 nitrogen and oxygen atoms in total. The Bertz CT molecular complexity index is 1380. The van der Waals surface area contributed by atoms with Crippen LogP contribution in [0.5, 0.6) is 0 Å². The second-order valence-corrected chi connectivity index (χ2v) is 21.5. The molecular formula is C60H111NO13. The number of aliphatic hydroxyl groups excluding tert-OH is 8. The van der Waals surface area contributed by atoms with E-state index in [4.69, 9.17) is 18.9 Å². The van der Waals surface area contributed by atoms with Crippen molar-refractivity contribution in [3.63, 3.8) is 0 Å². The summed E-state index contributed by atoms with van der Waals surface area (Å²) in [7, 11) is 0. The molecule has 12 unspecified atom stereocenters. The van der Waals surface area contributed by atoms with E-state index in [1.165, 1.54) is 161 Å². The number of aliphatic hydroxyl groups is 8. The molecule has 2 aliphatic heterocycles. The Morgan fingerprint density at radius 2 is 0.865 bits per heavy atom. The van der Waals surface area contributed by atoms with Gasteiger partial charge in [0.15, 0.2) is 12.6 Å². The summed E-state index contributed by atoms with van der Waals surface area (Å²) in [5.41, 5.74) is 0. The average Bonchev–Trinajstić information content (AvgIpc) is 3.40. The fourth-order valence-electron chi connectivity index (χ4n) is 9.92. The molecule has 0 radical (unpaired) electrons. The summed E-state index contributed by atoms with van der Waals surface area (Å²) in [5, 5.41) is 86.8. The molecule has 2 aliphatic rings. The fourth-order valence-corrected chi connectivity index (χ4v) is 9.92. The second kappa shape index (κ2) is 46.2. The molecular weight excluding hydrogens is 943 g/mol. The quantitative estimate of drug-likeness (QED) is 0.0204. The number of rotatable bonds is 48. The third-order valence-electron chi connectivity index (χ3n) is 14.8. The second-order valence-electron chi connectivity index (χ2n) is 21.5. The molecule has 434 valence electrons. The Morgan fingerprint density at radius 1 is 0.473 bits per heavy atom. The van der Waals surface area contributed by atoms with Crippen LogP contribution in [0.15, 0.2) is 36.5 Å². The van der Waals surface area contributed by atoms with Crippen LogP contribution in [0.2, 0.25) is 0 Å². The van der Waals surface area contributed by atoms with Crippen molar-refractivity contribution in [3.05, 3.63) is 36.5 Å². The first-order valence-electron chi connectivity index (χ1n) is 30.2. The SMILES string of the molecule is CCC/C=C/CC/C=C/CC/C=C/C(O)C(COC1OC(CO)C(OC2OC(CO)C(O)C(O)C2O)C(O)C1O)NC(=O)CCCCCCCCCCCCCCCCCCCCCCCCCCCCCCC. The van der Waals surface area contributed by atoms with Crippen LogP contribution in [0.25, 0.3) is 0 Å². The average molecular weight is 1050 g/mol. The third kappa shape index (κ3) is 31.6. The van der Waals surface area contributed by atoms with Crippen LogP contribution in [0.1, 0.15) is 245 Å². The predicted molar refractivity (Wildman–Crippen MR) is 295 cm³/mol. The summed E-state index contributed by atoms with van der Waals surface area (Å²) in [6.45, 7) is 2.71. The molecule has 0 saturated carbocycles. The van der Waals surface area contributed by atoms with Gasteiger partial charge in [-0.1, -0.05) is 237 Å². The van der Waals surface area contributed by atoms with E-state index in [2.05, 4.69) is 43.5 Å². The molecule has 9 N–H and O–H groups in total. The molecule has 0 aromatic carbocycles. The van der Waals surface area contributed by atoms with E-state index < -0.39 is 86.8 Å². The van der Waals surface area contributed by atoms with E-state index in [0.29, 0.717) is 12.8 Å². The van der Waals surface area contributed by atoms with Crippen LogP contribution < -0.4 is 5.32 Å². The highest BCUT2D eigenvalue weighted by Gasteiger charge is 2.51. The lowest BCUT2D eigenvalue weighted by Gasteiger charge is -2.46. The molecule has 2 rings (SSSR count). The highest BCUT2D eigenvalue weighted by molar-refractivity contribution is 5.76. The van der Waals surface area contributed by atoms with E-state index >= 15 is 0 Å². The fraction of sp³-hybridized carbons (Fsp3) is 0.883. The summed E-state index contributed by atoms with van der Waals surface area (Å²) >= 11 is 0. The maximum absolute atomic E-state index is 13.2. The van der Waals surface area contributed by atoms with E-state index in [1.54, 1.807) is 6.08 Å². The first-order valence-corrected chi connectivity index (χ1v) is 30.2. The molecule has 2 heterocycles. The van der Waals surface area contributed by atoms with E-state index in [-0.39, 0.29) is 18.9 Å². The maximum atomic E-state index is 13.2. The number of unbranched alkanes of at least 4 members (excludes halogenated alkanes) is 31. The molecule has 14 heteroatoms. The lowest BCUT2D eigenvalue weighted by molar-refractivity contribution is -0.359. The van der Waals surface area contributed by atoms with Crippen molar-refractivity contribution >= 4 is 5.91 Å². The molecule has 12 atom stereocenters. The molecule has 2 saturated heterocycles. The highest BCUT2D eigenvalue weighted by atomic mass is 16.7. The Morgan fingerprint density at radius 3 is 1.30 bits per heavy atom. The van der Waals surface area contributed by atoms with Crippen LogP contribution in [0.3, 0.4) is 0 Å². The summed E-state index contributed by atoms with van der Waals surface area (Å²) in [6, 6.07) is -0.934. The zero-order chi connectivity index (χ0) is 53.9. The Labute approximate surface area is 449 Å². The summed E-state index contributed by atoms with van der Waals surface area (Å²) < 4.78 is 22.7. The minimum absolute atomic E-state index is 0.252. The van der Waals surface area contributed by atoms with Gasteiger partial charge in [0, 0.05) is 6.42 Å². The standard InChI is InChI=1S/C60H111NO13/c1-3-5-7-9-11-13-15-16-17-18-19-20-21-22-23-24-25-26-27-28-29-30-31-32-34-36-38-40-42-44-52(65)61-48(49(64)43-41-39-37-35-33-14-12-10-8-6-4-2)47-71-59-57(70)55(68)58(51(46-63)73-59)74-60-56(69)54(67)53(66)50(45-62)72-60/h8,10,33,35,41,43,48-51,53-60,62-64,66-70H,3-7,9,11-32,34,36-40,42,44-47H2,1-2H3,(H,61,65)/b10-8+,35-33+,43-41+. The topological polar surface area (TPSA) is 228 Å². The minimum atomic E-state index is -1.79. The number of allylic oxidation sites excluding steroid dienone is 5. The number of ether oxygens (including phenoxy) is 4. The van der Waals surface area contributed by atoms with E-state index in [9.17, 15) is 45.6 Å². The van der Waals surface area contributed by atoms with Crippen molar-refractivity contribution in [2.45, 2.75) is 319 Å². The van der Waals surface area contributed by atoms with Crippen LogP contribution in [-0.2, 0) is 23.7 Å². The van der Waals surface area contributed by atoms with Gasteiger partial charge in [-0.05, 0) is 38.5 Å². The number of hydrogen-bond acceptors (Lipinski definition) is 13. The van der Waals surface area contributed by atoms with Crippen molar-refractivity contribution in [2.24, 2.45) is 0 Å². The number of amides is 1. The number of nitrogens with one attached hydrogen (secondary N) is 1. The lowest BCUT2D eigenvalue weighted by Crippen LogP contribution is -2.65. The first kappa shape index (κ1) is 68.3. The predicted octanol–water partition coefficient (Wildman–Crippen LogP) is 10.2. The van der Waals surface area contributed by atoms with Gasteiger partial charge in [-0.15, -0.1) is 0 Å². The Hall–Kier alpha value is -1.79. The molecule has 0 spiro atoms. The largest absolute Gasteiger partial charge is 0.394 e. The zero-order valence-corrected chi connectivity index (χ0v) is 46.6. The van der Waals surface area contributed by atoms with Gasteiger partial charge in [-0.25, -0.2) is 0 Å². The lowest BCUT2D eigenvalue weighted by atomic mass is 9.97. The molecule has 74 heavy (non-hydrogen) atoms. The van der Waals surface area contributed by atoms with Crippen molar-refractivity contribution in [3.8, 4) is 0 Å². The molecule has 0 aromatic rings. The minimum Gasteiger partial charge on any atom is -0.394 e. The van der Waals surface area contributed by atoms with Gasteiger partial charge in [0.1, 0.15) is 48.8 Å². The third-order valence-corrected chi connectivity index (χ3v) is 14.8. The monoisotopic (exact) mass is 1050 g/mol. The van der Waals surface area contributed by atoms with E-state index in [0.717, 1.165) is 51.4 Å². The van der Waals surface area contributed by atoms with Crippen LogP contribution in [0.4, 0.5) is 0 Å². The summed E-state index contributed by atoms with van der Waals surface area (Å²) in [4.78, 5) is 13.2. The number of hydrogen-bond donors (Lipinski definition) is 9. The van der Waals surface area contributed by atoms with Crippen LogP contribution in [-0.4, -0.2) is 140 Å². The Kier molecular flexibility index (Phi) is 42.6. The maximum Gasteiger partial charge on any atom is 0.220 e. The van der Waals surface area contributed by atoms with E-state index in [1.807, 2.05) is 6.08 Å². The normalized spacial score (nSPS) is 25.4. The van der Waals surface area contributed by atoms with Gasteiger partial charge in [-0.3, -0.25) is 4.79 Å². The van der Waals surface area contributed by atoms with Crippen molar-refractivity contribution < 1.29 is 64.6 Å². The van der Waals surface area contributed by atoms with Gasteiger partial charge in [0.05, 0.1) is 32.0 Å². The summed E-state index contributed by atoms with van der Waals surface area (Å²) in [6.07, 6.45) is 39.4.